The molecule has 0 aliphatic heterocycles. The quantitative estimate of drug-likeness (QED) is 0.357. The molecule has 124 valence electrons. The van der Waals surface area contributed by atoms with Crippen molar-refractivity contribution in [1.82, 2.24) is 0 Å². The molecule has 0 spiro atoms. The number of aryl methyl sites for hydroxylation is 1. The molecule has 0 aromatic heterocycles. The van der Waals surface area contributed by atoms with Gasteiger partial charge in [-0.15, -0.1) is 0 Å². The lowest BCUT2D eigenvalue weighted by atomic mass is 10.1. The fourth-order valence-corrected chi connectivity index (χ4v) is 2.00. The van der Waals surface area contributed by atoms with Crippen LogP contribution in [-0.4, -0.2) is 22.9 Å². The van der Waals surface area contributed by atoms with Crippen LogP contribution in [-0.2, 0) is 0 Å². The molecule has 0 N–H and O–H groups in total. The second kappa shape index (κ2) is 6.73. The zero-order valence-electron chi connectivity index (χ0n) is 12.7. The number of rotatable bonds is 5. The molecule has 9 nitrogen and oxygen atoms in total. The van der Waals surface area contributed by atoms with E-state index >= 15 is 0 Å². The Balaban J connectivity index is 2.33. The third-order valence-corrected chi connectivity index (χ3v) is 3.21. The molecule has 0 amide bonds. The number of non-ortho nitro benzene ring substituents is 1. The monoisotopic (exact) mass is 332 g/mol. The van der Waals surface area contributed by atoms with Gasteiger partial charge in [0.25, 0.3) is 5.69 Å². The molecule has 0 saturated heterocycles. The van der Waals surface area contributed by atoms with E-state index in [1.54, 1.807) is 0 Å². The van der Waals surface area contributed by atoms with E-state index in [4.69, 9.17) is 9.47 Å². The molecule has 0 heterocycles. The summed E-state index contributed by atoms with van der Waals surface area (Å²) in [6.45, 7) is 1.51. The van der Waals surface area contributed by atoms with Gasteiger partial charge in [0.1, 0.15) is 5.75 Å². The number of benzene rings is 2. The first-order chi connectivity index (χ1) is 11.3. The lowest BCUT2D eigenvalue weighted by Crippen LogP contribution is -2.11. The molecule has 0 aliphatic rings. The molecule has 0 saturated carbocycles. The molecule has 0 aliphatic carbocycles. The average molecular weight is 332 g/mol. The molecule has 0 atom stereocenters. The van der Waals surface area contributed by atoms with Crippen LogP contribution in [0.3, 0.4) is 0 Å². The van der Waals surface area contributed by atoms with Crippen molar-refractivity contribution in [2.24, 2.45) is 0 Å². The van der Waals surface area contributed by atoms with Crippen LogP contribution in [0.2, 0.25) is 0 Å². The smallest absolute Gasteiger partial charge is 0.344 e. The Morgan fingerprint density at radius 3 is 2.29 bits per heavy atom. The average Bonchev–Trinajstić information content (AvgIpc) is 2.54. The van der Waals surface area contributed by atoms with Gasteiger partial charge in [-0.25, -0.2) is 4.79 Å². The number of methoxy groups -OCH3 is 1. The van der Waals surface area contributed by atoms with Gasteiger partial charge in [-0.3, -0.25) is 20.2 Å². The van der Waals surface area contributed by atoms with Gasteiger partial charge in [-0.2, -0.15) is 0 Å². The van der Waals surface area contributed by atoms with Crippen molar-refractivity contribution in [2.75, 3.05) is 7.11 Å². The van der Waals surface area contributed by atoms with Crippen LogP contribution in [0.5, 0.6) is 11.5 Å². The van der Waals surface area contributed by atoms with E-state index in [1.807, 2.05) is 0 Å². The van der Waals surface area contributed by atoms with Crippen molar-refractivity contribution in [3.05, 3.63) is 67.8 Å². The predicted octanol–water partition coefficient (Wildman–Crippen LogP) is 3.04. The summed E-state index contributed by atoms with van der Waals surface area (Å²) >= 11 is 0. The maximum absolute atomic E-state index is 12.2. The molecular formula is C15H12N2O7. The highest BCUT2D eigenvalue weighted by Gasteiger charge is 2.22. The van der Waals surface area contributed by atoms with Crippen molar-refractivity contribution in [3.8, 4) is 11.5 Å². The van der Waals surface area contributed by atoms with Crippen LogP contribution in [0.25, 0.3) is 0 Å². The van der Waals surface area contributed by atoms with Crippen LogP contribution in [0.1, 0.15) is 15.9 Å². The summed E-state index contributed by atoms with van der Waals surface area (Å²) in [5.74, 6) is -0.854. The SMILES string of the molecule is COc1ccc(OC(=O)c2ccc([N+](=O)[O-])cc2C)c([N+](=O)[O-])c1. The van der Waals surface area contributed by atoms with Crippen LogP contribution < -0.4 is 9.47 Å². The summed E-state index contributed by atoms with van der Waals surface area (Å²) in [5.41, 5.74) is -0.196. The largest absolute Gasteiger partial charge is 0.496 e. The van der Waals surface area contributed by atoms with Gasteiger partial charge in [0, 0.05) is 12.1 Å². The summed E-state index contributed by atoms with van der Waals surface area (Å²) in [6.07, 6.45) is 0. The van der Waals surface area contributed by atoms with Gasteiger partial charge < -0.3 is 9.47 Å². The molecule has 9 heteroatoms. The molecule has 0 unspecified atom stereocenters. The maximum atomic E-state index is 12.2. The molecule has 2 aromatic carbocycles. The first-order valence-corrected chi connectivity index (χ1v) is 6.63. The van der Waals surface area contributed by atoms with Crippen LogP contribution in [0, 0.1) is 27.2 Å². The first kappa shape index (κ1) is 16.9. The molecular weight excluding hydrogens is 320 g/mol. The minimum absolute atomic E-state index is 0.0747. The number of nitro benzene ring substituents is 2. The second-order valence-electron chi connectivity index (χ2n) is 4.74. The second-order valence-corrected chi connectivity index (χ2v) is 4.74. The van der Waals surface area contributed by atoms with E-state index in [-0.39, 0.29) is 22.7 Å². The molecule has 0 radical (unpaired) electrons. The molecule has 2 rings (SSSR count). The predicted molar refractivity (Wildman–Crippen MR) is 82.4 cm³/mol. The minimum Gasteiger partial charge on any atom is -0.496 e. The highest BCUT2D eigenvalue weighted by molar-refractivity contribution is 5.93. The Hall–Kier alpha value is -3.49. The maximum Gasteiger partial charge on any atom is 0.344 e. The summed E-state index contributed by atoms with van der Waals surface area (Å²) in [5, 5.41) is 21.8. The van der Waals surface area contributed by atoms with Crippen LogP contribution in [0.4, 0.5) is 11.4 Å². The fourth-order valence-electron chi connectivity index (χ4n) is 2.00. The van der Waals surface area contributed by atoms with Gasteiger partial charge in [0.2, 0.25) is 5.75 Å². The van der Waals surface area contributed by atoms with Crippen molar-refractivity contribution >= 4 is 17.3 Å². The number of hydrogen-bond acceptors (Lipinski definition) is 7. The molecule has 0 bridgehead atoms. The molecule has 24 heavy (non-hydrogen) atoms. The van der Waals surface area contributed by atoms with E-state index < -0.39 is 21.5 Å². The number of carbonyl (C=O) groups is 1. The minimum atomic E-state index is -0.851. The molecule has 2 aromatic rings. The molecule has 0 fully saturated rings. The van der Waals surface area contributed by atoms with Crippen LogP contribution >= 0.6 is 0 Å². The number of ether oxygens (including phenoxy) is 2. The fraction of sp³-hybridized carbons (Fsp3) is 0.133. The van der Waals surface area contributed by atoms with Crippen molar-refractivity contribution in [3.63, 3.8) is 0 Å². The highest BCUT2D eigenvalue weighted by Crippen LogP contribution is 2.32. The third-order valence-electron chi connectivity index (χ3n) is 3.21. The van der Waals surface area contributed by atoms with Crippen molar-refractivity contribution in [1.29, 1.82) is 0 Å². The van der Waals surface area contributed by atoms with E-state index in [9.17, 15) is 25.0 Å². The van der Waals surface area contributed by atoms with E-state index in [0.29, 0.717) is 5.56 Å². The zero-order chi connectivity index (χ0) is 17.9. The number of esters is 1. The Morgan fingerprint density at radius 1 is 1.04 bits per heavy atom. The summed E-state index contributed by atoms with van der Waals surface area (Å²) < 4.78 is 9.96. The summed E-state index contributed by atoms with van der Waals surface area (Å²) in [4.78, 5) is 32.7. The highest BCUT2D eigenvalue weighted by atomic mass is 16.6. The normalized spacial score (nSPS) is 10.1. The van der Waals surface area contributed by atoms with Crippen molar-refractivity contribution in [2.45, 2.75) is 6.92 Å². The Bertz CT molecular complexity index is 833. The van der Waals surface area contributed by atoms with Gasteiger partial charge >= 0.3 is 11.7 Å². The third kappa shape index (κ3) is 3.46. The van der Waals surface area contributed by atoms with Gasteiger partial charge in [0.15, 0.2) is 0 Å². The van der Waals surface area contributed by atoms with Gasteiger partial charge in [-0.05, 0) is 30.7 Å². The summed E-state index contributed by atoms with van der Waals surface area (Å²) in [6, 6.07) is 7.41. The van der Waals surface area contributed by atoms with Crippen LogP contribution in [0.15, 0.2) is 36.4 Å². The number of nitro groups is 2. The van der Waals surface area contributed by atoms with Gasteiger partial charge in [0.05, 0.1) is 28.6 Å². The van der Waals surface area contributed by atoms with Gasteiger partial charge in [-0.1, -0.05) is 0 Å². The number of nitrogens with zero attached hydrogens (tertiary/aromatic N) is 2. The van der Waals surface area contributed by atoms with E-state index in [2.05, 4.69) is 0 Å². The first-order valence-electron chi connectivity index (χ1n) is 6.63. The van der Waals surface area contributed by atoms with Crippen molar-refractivity contribution < 1.29 is 24.1 Å². The van der Waals surface area contributed by atoms with E-state index in [0.717, 1.165) is 12.1 Å². The Kier molecular flexibility index (Phi) is 4.73. The Labute approximate surface area is 135 Å². The lowest BCUT2D eigenvalue weighted by Gasteiger charge is -2.08. The van der Waals surface area contributed by atoms with E-state index in [1.165, 1.54) is 38.3 Å². The Morgan fingerprint density at radius 2 is 1.75 bits per heavy atom. The number of hydrogen-bond donors (Lipinski definition) is 0. The lowest BCUT2D eigenvalue weighted by molar-refractivity contribution is -0.385. The zero-order valence-corrected chi connectivity index (χ0v) is 12.7. The standard InChI is InChI=1S/C15H12N2O7/c1-9-7-10(16(19)20)3-5-12(9)15(18)24-14-6-4-11(23-2)8-13(14)17(21)22/h3-8H,1-2H3. The topological polar surface area (TPSA) is 122 Å². The number of carbonyl (C=O) groups excluding carboxylic acids is 1. The summed E-state index contributed by atoms with van der Waals surface area (Å²) in [7, 11) is 1.35.